The van der Waals surface area contributed by atoms with Crippen LogP contribution in [0.4, 0.5) is 0 Å². The minimum atomic E-state index is -1.14. The fourth-order valence-electron chi connectivity index (χ4n) is 1.22. The van der Waals surface area contributed by atoms with Crippen LogP contribution in [0.15, 0.2) is 11.4 Å². The van der Waals surface area contributed by atoms with E-state index in [-0.39, 0.29) is 12.0 Å². The van der Waals surface area contributed by atoms with Gasteiger partial charge in [-0.3, -0.25) is 4.79 Å². The highest BCUT2D eigenvalue weighted by Crippen LogP contribution is 2.07. The van der Waals surface area contributed by atoms with Gasteiger partial charge in [-0.15, -0.1) is 0 Å². The molecule has 0 heterocycles. The second-order valence-electron chi connectivity index (χ2n) is 3.41. The molecule has 0 spiro atoms. The van der Waals surface area contributed by atoms with Crippen LogP contribution >= 0.6 is 0 Å². The molecule has 0 amide bonds. The predicted octanol–water partition coefficient (Wildman–Crippen LogP) is 0.455. The van der Waals surface area contributed by atoms with E-state index >= 15 is 0 Å². The van der Waals surface area contributed by atoms with Crippen LogP contribution in [-0.2, 0) is 14.3 Å². The number of carboxylic acid groups (broad SMARTS) is 1. The zero-order valence-electron chi connectivity index (χ0n) is 10.5. The number of carbonyl (C=O) groups is 2. The Bertz CT molecular complexity index is 294. The van der Waals surface area contributed by atoms with Crippen LogP contribution in [0.3, 0.4) is 0 Å². The molecule has 0 saturated heterocycles. The zero-order chi connectivity index (χ0) is 13.3. The molecule has 0 rings (SSSR count). The molecule has 0 aliphatic heterocycles. The van der Waals surface area contributed by atoms with Crippen LogP contribution in [0.5, 0.6) is 0 Å². The maximum atomic E-state index is 11.4. The average Bonchev–Trinajstić information content (AvgIpc) is 2.29. The molecule has 0 aliphatic rings. The molecule has 0 radical (unpaired) electrons. The Morgan fingerprint density at radius 3 is 2.24 bits per heavy atom. The molecule has 0 aromatic heterocycles. The number of nitrogens with one attached hydrogen (secondary N) is 2. The van der Waals surface area contributed by atoms with Crippen molar-refractivity contribution in [2.24, 2.45) is 0 Å². The summed E-state index contributed by atoms with van der Waals surface area (Å²) in [6.07, 6.45) is 1.45. The standard InChI is InChI=1S/C11H20N2O4/c1-4-5-6-17-9(14)7-8(11(15)16)10(12-2)13-3/h12-13H,4-7H2,1-3H3,(H,15,16). The Morgan fingerprint density at radius 1 is 1.24 bits per heavy atom. The number of hydrogen-bond acceptors (Lipinski definition) is 5. The molecule has 0 bridgehead atoms. The molecule has 6 heteroatoms. The summed E-state index contributed by atoms with van der Waals surface area (Å²) in [5, 5.41) is 14.4. The molecule has 0 aromatic rings. The summed E-state index contributed by atoms with van der Waals surface area (Å²) in [5.74, 6) is -1.36. The molecule has 0 atom stereocenters. The lowest BCUT2D eigenvalue weighted by molar-refractivity contribution is -0.145. The number of aliphatic carboxylic acids is 1. The largest absolute Gasteiger partial charge is 0.478 e. The van der Waals surface area contributed by atoms with Gasteiger partial charge in [0.15, 0.2) is 0 Å². The van der Waals surface area contributed by atoms with E-state index in [9.17, 15) is 9.59 Å². The molecular formula is C11H20N2O4. The lowest BCUT2D eigenvalue weighted by Gasteiger charge is -2.11. The van der Waals surface area contributed by atoms with Crippen LogP contribution in [0.1, 0.15) is 26.2 Å². The van der Waals surface area contributed by atoms with Crippen molar-refractivity contribution < 1.29 is 19.4 Å². The van der Waals surface area contributed by atoms with Gasteiger partial charge in [0.1, 0.15) is 5.82 Å². The summed E-state index contributed by atoms with van der Waals surface area (Å²) in [4.78, 5) is 22.4. The average molecular weight is 244 g/mol. The number of hydrogen-bond donors (Lipinski definition) is 3. The molecule has 0 unspecified atom stereocenters. The third-order valence-corrected chi connectivity index (χ3v) is 2.14. The fourth-order valence-corrected chi connectivity index (χ4v) is 1.22. The lowest BCUT2D eigenvalue weighted by atomic mass is 10.2. The summed E-state index contributed by atoms with van der Waals surface area (Å²) in [6.45, 7) is 2.31. The Balaban J connectivity index is 4.51. The van der Waals surface area contributed by atoms with Gasteiger partial charge in [-0.05, 0) is 6.42 Å². The Hall–Kier alpha value is -1.72. The Labute approximate surface area is 101 Å². The smallest absolute Gasteiger partial charge is 0.335 e. The Kier molecular flexibility index (Phi) is 7.58. The zero-order valence-corrected chi connectivity index (χ0v) is 10.5. The van der Waals surface area contributed by atoms with Gasteiger partial charge in [0.05, 0.1) is 18.6 Å². The second kappa shape index (κ2) is 8.43. The first kappa shape index (κ1) is 15.3. The summed E-state index contributed by atoms with van der Waals surface area (Å²) >= 11 is 0. The number of rotatable bonds is 8. The maximum Gasteiger partial charge on any atom is 0.335 e. The maximum absolute atomic E-state index is 11.4. The van der Waals surface area contributed by atoms with Crippen molar-refractivity contribution in [3.8, 4) is 0 Å². The van der Waals surface area contributed by atoms with E-state index in [1.807, 2.05) is 6.92 Å². The van der Waals surface area contributed by atoms with Crippen molar-refractivity contribution in [3.05, 3.63) is 11.4 Å². The van der Waals surface area contributed by atoms with Crippen molar-refractivity contribution in [2.45, 2.75) is 26.2 Å². The van der Waals surface area contributed by atoms with Crippen LogP contribution in [0, 0.1) is 0 Å². The predicted molar refractivity (Wildman–Crippen MR) is 63.3 cm³/mol. The van der Waals surface area contributed by atoms with Gasteiger partial charge in [-0.1, -0.05) is 13.3 Å². The summed E-state index contributed by atoms with van der Waals surface area (Å²) in [5.41, 5.74) is -0.0310. The fraction of sp³-hybridized carbons (Fsp3) is 0.636. The molecule has 0 fully saturated rings. The third kappa shape index (κ3) is 5.79. The van der Waals surface area contributed by atoms with E-state index in [1.54, 1.807) is 14.1 Å². The van der Waals surface area contributed by atoms with Crippen molar-refractivity contribution in [1.82, 2.24) is 10.6 Å². The Morgan fingerprint density at radius 2 is 1.82 bits per heavy atom. The lowest BCUT2D eigenvalue weighted by Crippen LogP contribution is -2.26. The van der Waals surface area contributed by atoms with E-state index in [0.717, 1.165) is 12.8 Å². The first-order valence-electron chi connectivity index (χ1n) is 5.54. The number of carboxylic acids is 1. The highest BCUT2D eigenvalue weighted by molar-refractivity contribution is 5.93. The van der Waals surface area contributed by atoms with Crippen molar-refractivity contribution in [3.63, 3.8) is 0 Å². The topological polar surface area (TPSA) is 87.7 Å². The quantitative estimate of drug-likeness (QED) is 0.326. The molecule has 17 heavy (non-hydrogen) atoms. The van der Waals surface area contributed by atoms with Crippen LogP contribution < -0.4 is 10.6 Å². The number of ether oxygens (including phenoxy) is 1. The van der Waals surface area contributed by atoms with E-state index in [4.69, 9.17) is 9.84 Å². The van der Waals surface area contributed by atoms with E-state index in [0.29, 0.717) is 12.4 Å². The van der Waals surface area contributed by atoms with Gasteiger partial charge in [0, 0.05) is 14.1 Å². The van der Waals surface area contributed by atoms with Gasteiger partial charge < -0.3 is 20.5 Å². The molecule has 6 nitrogen and oxygen atoms in total. The number of unbranched alkanes of at least 4 members (excludes halogenated alkanes) is 1. The van der Waals surface area contributed by atoms with E-state index < -0.39 is 11.9 Å². The van der Waals surface area contributed by atoms with Crippen molar-refractivity contribution in [2.75, 3.05) is 20.7 Å². The molecule has 0 aromatic carbocycles. The van der Waals surface area contributed by atoms with Gasteiger partial charge in [0.2, 0.25) is 0 Å². The molecule has 98 valence electrons. The summed E-state index contributed by atoms with van der Waals surface area (Å²) in [7, 11) is 3.16. The minimum absolute atomic E-state index is 0.0310. The second-order valence-corrected chi connectivity index (χ2v) is 3.41. The molecule has 0 saturated carbocycles. The van der Waals surface area contributed by atoms with Gasteiger partial charge in [-0.2, -0.15) is 0 Å². The molecule has 3 N–H and O–H groups in total. The van der Waals surface area contributed by atoms with Crippen LogP contribution in [0.2, 0.25) is 0 Å². The molecular weight excluding hydrogens is 224 g/mol. The van der Waals surface area contributed by atoms with Gasteiger partial charge in [0.25, 0.3) is 0 Å². The monoisotopic (exact) mass is 244 g/mol. The highest BCUT2D eigenvalue weighted by atomic mass is 16.5. The minimum Gasteiger partial charge on any atom is -0.478 e. The van der Waals surface area contributed by atoms with Crippen molar-refractivity contribution >= 4 is 11.9 Å². The normalized spacial score (nSPS) is 9.35. The molecule has 0 aliphatic carbocycles. The van der Waals surface area contributed by atoms with Crippen LogP contribution in [0.25, 0.3) is 0 Å². The number of esters is 1. The highest BCUT2D eigenvalue weighted by Gasteiger charge is 2.18. The third-order valence-electron chi connectivity index (χ3n) is 2.14. The summed E-state index contributed by atoms with van der Waals surface area (Å²) < 4.78 is 4.91. The van der Waals surface area contributed by atoms with E-state index in [1.165, 1.54) is 0 Å². The van der Waals surface area contributed by atoms with Gasteiger partial charge >= 0.3 is 11.9 Å². The van der Waals surface area contributed by atoms with E-state index in [2.05, 4.69) is 10.6 Å². The van der Waals surface area contributed by atoms with Crippen LogP contribution in [-0.4, -0.2) is 37.7 Å². The van der Waals surface area contributed by atoms with Gasteiger partial charge in [-0.25, -0.2) is 4.79 Å². The first-order valence-corrected chi connectivity index (χ1v) is 5.54. The summed E-state index contributed by atoms with van der Waals surface area (Å²) in [6, 6.07) is 0. The number of carbonyl (C=O) groups excluding carboxylic acids is 1. The first-order chi connectivity index (χ1) is 8.06. The van der Waals surface area contributed by atoms with Crippen molar-refractivity contribution in [1.29, 1.82) is 0 Å². The SMILES string of the molecule is CCCCOC(=O)CC(C(=O)O)=C(NC)NC.